The third kappa shape index (κ3) is 3.63. The van der Waals surface area contributed by atoms with Crippen LogP contribution in [-0.4, -0.2) is 17.2 Å². The van der Waals surface area contributed by atoms with Crippen LogP contribution in [0.15, 0.2) is 65.3 Å². The van der Waals surface area contributed by atoms with E-state index >= 15 is 0 Å². The van der Waals surface area contributed by atoms with Crippen molar-refractivity contribution in [3.05, 3.63) is 66.4 Å². The maximum atomic E-state index is 12.5. The first-order valence-electron chi connectivity index (χ1n) is 7.71. The van der Waals surface area contributed by atoms with Crippen LogP contribution in [-0.2, 0) is 0 Å². The second-order valence-corrected chi connectivity index (χ2v) is 5.58. The zero-order valence-electron chi connectivity index (χ0n) is 13.5. The molecule has 5 heteroatoms. The second kappa shape index (κ2) is 7.00. The number of hydrogen-bond donors (Lipinski definition) is 1. The molecule has 0 unspecified atom stereocenters. The fourth-order valence-corrected chi connectivity index (χ4v) is 2.29. The summed E-state index contributed by atoms with van der Waals surface area (Å²) < 4.78 is 10.8. The molecule has 0 aliphatic carbocycles. The number of benzene rings is 2. The third-order valence-corrected chi connectivity index (χ3v) is 3.33. The molecule has 0 aliphatic heterocycles. The first-order chi connectivity index (χ1) is 11.6. The van der Waals surface area contributed by atoms with Crippen molar-refractivity contribution in [2.45, 2.75) is 20.0 Å². The molecule has 24 heavy (non-hydrogen) atoms. The van der Waals surface area contributed by atoms with E-state index in [0.717, 1.165) is 11.3 Å². The summed E-state index contributed by atoms with van der Waals surface area (Å²) in [4.78, 5) is 12.5. The number of carbonyl (C=O) groups is 1. The highest BCUT2D eigenvalue weighted by Crippen LogP contribution is 2.24. The van der Waals surface area contributed by atoms with Gasteiger partial charge in [-0.3, -0.25) is 4.79 Å². The normalized spacial score (nSPS) is 10.6. The van der Waals surface area contributed by atoms with Crippen LogP contribution in [0.5, 0.6) is 5.75 Å². The van der Waals surface area contributed by atoms with E-state index in [2.05, 4.69) is 10.5 Å². The lowest BCUT2D eigenvalue weighted by Crippen LogP contribution is -2.12. The summed E-state index contributed by atoms with van der Waals surface area (Å²) in [5.41, 5.74) is 1.88. The molecule has 0 spiro atoms. The molecule has 0 atom stereocenters. The Bertz CT molecular complexity index is 808. The Balaban J connectivity index is 1.75. The van der Waals surface area contributed by atoms with Gasteiger partial charge in [0.15, 0.2) is 5.76 Å². The molecule has 0 saturated heterocycles. The molecule has 1 N–H and O–H groups in total. The molecule has 3 rings (SSSR count). The Morgan fingerprint density at radius 3 is 2.46 bits per heavy atom. The summed E-state index contributed by atoms with van der Waals surface area (Å²) >= 11 is 0. The van der Waals surface area contributed by atoms with Crippen LogP contribution in [0.2, 0.25) is 0 Å². The maximum Gasteiger partial charge on any atom is 0.261 e. The van der Waals surface area contributed by atoms with E-state index in [1.165, 1.54) is 6.20 Å². The maximum absolute atomic E-state index is 12.5. The molecule has 0 saturated carbocycles. The SMILES string of the molecule is CC(C)Oc1ccc(NC(=O)c2cnoc2-c2ccccc2)cc1. The van der Waals surface area contributed by atoms with Gasteiger partial charge in [-0.25, -0.2) is 0 Å². The van der Waals surface area contributed by atoms with Gasteiger partial charge in [0.25, 0.3) is 5.91 Å². The van der Waals surface area contributed by atoms with Gasteiger partial charge in [0.1, 0.15) is 11.3 Å². The van der Waals surface area contributed by atoms with Gasteiger partial charge in [-0.1, -0.05) is 35.5 Å². The van der Waals surface area contributed by atoms with Gasteiger partial charge in [0, 0.05) is 11.3 Å². The molecular formula is C19H18N2O3. The minimum absolute atomic E-state index is 0.107. The van der Waals surface area contributed by atoms with E-state index in [4.69, 9.17) is 9.26 Å². The number of rotatable bonds is 5. The minimum atomic E-state index is -0.271. The average molecular weight is 322 g/mol. The summed E-state index contributed by atoms with van der Waals surface area (Å²) in [5.74, 6) is 0.943. The van der Waals surface area contributed by atoms with Crippen LogP contribution < -0.4 is 10.1 Å². The Kier molecular flexibility index (Phi) is 4.61. The predicted molar refractivity (Wildman–Crippen MR) is 92.1 cm³/mol. The fraction of sp³-hybridized carbons (Fsp3) is 0.158. The highest BCUT2D eigenvalue weighted by atomic mass is 16.5. The Labute approximate surface area is 140 Å². The van der Waals surface area contributed by atoms with E-state index in [0.29, 0.717) is 17.0 Å². The van der Waals surface area contributed by atoms with Gasteiger partial charge in [-0.2, -0.15) is 0 Å². The number of aromatic nitrogens is 1. The molecule has 1 aromatic heterocycles. The van der Waals surface area contributed by atoms with E-state index in [1.54, 1.807) is 12.1 Å². The van der Waals surface area contributed by atoms with E-state index in [1.807, 2.05) is 56.3 Å². The van der Waals surface area contributed by atoms with Crippen LogP contribution >= 0.6 is 0 Å². The lowest BCUT2D eigenvalue weighted by molar-refractivity contribution is 0.102. The third-order valence-electron chi connectivity index (χ3n) is 3.33. The monoisotopic (exact) mass is 322 g/mol. The first-order valence-corrected chi connectivity index (χ1v) is 7.71. The van der Waals surface area contributed by atoms with Crippen molar-refractivity contribution in [2.75, 3.05) is 5.32 Å². The first kappa shape index (κ1) is 15.8. The number of nitrogens with one attached hydrogen (secondary N) is 1. The lowest BCUT2D eigenvalue weighted by atomic mass is 10.1. The minimum Gasteiger partial charge on any atom is -0.491 e. The van der Waals surface area contributed by atoms with Gasteiger partial charge in [0.2, 0.25) is 0 Å². The van der Waals surface area contributed by atoms with Gasteiger partial charge >= 0.3 is 0 Å². The summed E-state index contributed by atoms with van der Waals surface area (Å²) in [5, 5.41) is 6.59. The molecule has 122 valence electrons. The van der Waals surface area contributed by atoms with Crippen LogP contribution in [0, 0.1) is 0 Å². The van der Waals surface area contributed by atoms with E-state index in [9.17, 15) is 4.79 Å². The van der Waals surface area contributed by atoms with Crippen molar-refractivity contribution in [3.63, 3.8) is 0 Å². The number of anilines is 1. The molecule has 2 aromatic carbocycles. The van der Waals surface area contributed by atoms with E-state index < -0.39 is 0 Å². The fourth-order valence-electron chi connectivity index (χ4n) is 2.29. The van der Waals surface area contributed by atoms with Crippen LogP contribution in [0.4, 0.5) is 5.69 Å². The van der Waals surface area contributed by atoms with Crippen molar-refractivity contribution in [2.24, 2.45) is 0 Å². The van der Waals surface area contributed by atoms with Gasteiger partial charge in [0.05, 0.1) is 12.3 Å². The van der Waals surface area contributed by atoms with Crippen LogP contribution in [0.25, 0.3) is 11.3 Å². The highest BCUT2D eigenvalue weighted by Gasteiger charge is 2.17. The standard InChI is InChI=1S/C19H18N2O3/c1-13(2)23-16-10-8-15(9-11-16)21-19(22)17-12-20-24-18(17)14-6-4-3-5-7-14/h3-13H,1-2H3,(H,21,22). The highest BCUT2D eigenvalue weighted by molar-refractivity contribution is 6.07. The molecule has 3 aromatic rings. The number of amides is 1. The molecule has 5 nitrogen and oxygen atoms in total. The van der Waals surface area contributed by atoms with Gasteiger partial charge in [-0.05, 0) is 38.1 Å². The van der Waals surface area contributed by atoms with E-state index in [-0.39, 0.29) is 12.0 Å². The van der Waals surface area contributed by atoms with Gasteiger partial charge < -0.3 is 14.6 Å². The summed E-state index contributed by atoms with van der Waals surface area (Å²) in [6.45, 7) is 3.93. The second-order valence-electron chi connectivity index (χ2n) is 5.58. The Morgan fingerprint density at radius 1 is 1.08 bits per heavy atom. The van der Waals surface area contributed by atoms with Crippen molar-refractivity contribution in [1.82, 2.24) is 5.16 Å². The smallest absolute Gasteiger partial charge is 0.261 e. The molecule has 0 aliphatic rings. The zero-order valence-corrected chi connectivity index (χ0v) is 13.5. The Hall–Kier alpha value is -3.08. The molecular weight excluding hydrogens is 304 g/mol. The molecule has 0 bridgehead atoms. The van der Waals surface area contributed by atoms with Crippen molar-refractivity contribution < 1.29 is 14.1 Å². The predicted octanol–water partition coefficient (Wildman–Crippen LogP) is 4.38. The number of carbonyl (C=O) groups excluding carboxylic acids is 1. The summed E-state index contributed by atoms with van der Waals surface area (Å²) in [7, 11) is 0. The quantitative estimate of drug-likeness (QED) is 0.757. The molecule has 1 heterocycles. The van der Waals surface area contributed by atoms with Crippen LogP contribution in [0.3, 0.4) is 0 Å². The van der Waals surface area contributed by atoms with Crippen molar-refractivity contribution in [1.29, 1.82) is 0 Å². The van der Waals surface area contributed by atoms with Crippen molar-refractivity contribution >= 4 is 11.6 Å². The largest absolute Gasteiger partial charge is 0.491 e. The average Bonchev–Trinajstić information content (AvgIpc) is 3.07. The zero-order chi connectivity index (χ0) is 16.9. The Morgan fingerprint density at radius 2 is 1.79 bits per heavy atom. The van der Waals surface area contributed by atoms with Crippen LogP contribution in [0.1, 0.15) is 24.2 Å². The molecule has 0 fully saturated rings. The van der Waals surface area contributed by atoms with Gasteiger partial charge in [-0.15, -0.1) is 0 Å². The topological polar surface area (TPSA) is 64.4 Å². The summed E-state index contributed by atoms with van der Waals surface area (Å²) in [6, 6.07) is 16.6. The van der Waals surface area contributed by atoms with Crippen molar-refractivity contribution in [3.8, 4) is 17.1 Å². The molecule has 1 amide bonds. The summed E-state index contributed by atoms with van der Waals surface area (Å²) in [6.07, 6.45) is 1.53. The molecule has 0 radical (unpaired) electrons. The number of ether oxygens (including phenoxy) is 1. The number of hydrogen-bond acceptors (Lipinski definition) is 4. The number of nitrogens with zero attached hydrogens (tertiary/aromatic N) is 1. The lowest BCUT2D eigenvalue weighted by Gasteiger charge is -2.10.